The standard InChI is InChI=1S/C15H18Cl2N2S/c1-4-18-14(8-15-19-9(2)10(3)20-15)12-6-5-11(16)7-13(12)17/h5-7,14,18H,4,8H2,1-3H3. The molecule has 0 saturated carbocycles. The number of likely N-dealkylation sites (N-methyl/N-ethyl adjacent to an activating group) is 1. The Hall–Kier alpha value is -0.610. The molecule has 0 aliphatic carbocycles. The van der Waals surface area contributed by atoms with Gasteiger partial charge in [-0.3, -0.25) is 0 Å². The SMILES string of the molecule is CCNC(Cc1nc(C)c(C)s1)c1ccc(Cl)cc1Cl. The van der Waals surface area contributed by atoms with E-state index in [9.17, 15) is 0 Å². The lowest BCUT2D eigenvalue weighted by Gasteiger charge is -2.18. The van der Waals surface area contributed by atoms with E-state index < -0.39 is 0 Å². The minimum atomic E-state index is 0.162. The van der Waals surface area contributed by atoms with Gasteiger partial charge in [-0.1, -0.05) is 36.2 Å². The molecule has 0 aliphatic heterocycles. The number of benzene rings is 1. The van der Waals surface area contributed by atoms with Crippen LogP contribution < -0.4 is 5.32 Å². The van der Waals surface area contributed by atoms with Crippen LogP contribution in [-0.4, -0.2) is 11.5 Å². The summed E-state index contributed by atoms with van der Waals surface area (Å²) in [7, 11) is 0. The molecule has 0 radical (unpaired) electrons. The van der Waals surface area contributed by atoms with E-state index >= 15 is 0 Å². The minimum absolute atomic E-state index is 0.162. The molecule has 108 valence electrons. The topological polar surface area (TPSA) is 24.9 Å². The lowest BCUT2D eigenvalue weighted by atomic mass is 10.0. The van der Waals surface area contributed by atoms with Crippen molar-refractivity contribution in [3.63, 3.8) is 0 Å². The second kappa shape index (κ2) is 6.90. The molecule has 1 atom stereocenters. The van der Waals surface area contributed by atoms with Crippen molar-refractivity contribution in [1.82, 2.24) is 10.3 Å². The smallest absolute Gasteiger partial charge is 0.0949 e. The summed E-state index contributed by atoms with van der Waals surface area (Å²) < 4.78 is 0. The Kier molecular flexibility index (Phi) is 5.44. The Morgan fingerprint density at radius 3 is 2.60 bits per heavy atom. The Bertz CT molecular complexity index is 576. The molecule has 0 spiro atoms. The summed E-state index contributed by atoms with van der Waals surface area (Å²) >= 11 is 14.0. The number of nitrogens with zero attached hydrogens (tertiary/aromatic N) is 1. The van der Waals surface area contributed by atoms with E-state index in [0.29, 0.717) is 10.0 Å². The molecular weight excluding hydrogens is 311 g/mol. The highest BCUT2D eigenvalue weighted by molar-refractivity contribution is 7.11. The third kappa shape index (κ3) is 3.73. The molecule has 2 rings (SSSR count). The number of aromatic nitrogens is 1. The first-order valence-electron chi connectivity index (χ1n) is 6.62. The number of rotatable bonds is 5. The van der Waals surface area contributed by atoms with Crippen molar-refractivity contribution in [3.8, 4) is 0 Å². The first kappa shape index (κ1) is 15.8. The molecule has 1 aromatic heterocycles. The molecule has 0 saturated heterocycles. The fourth-order valence-corrected chi connectivity index (χ4v) is 3.64. The average Bonchev–Trinajstić information content (AvgIpc) is 2.68. The number of halogens is 2. The maximum Gasteiger partial charge on any atom is 0.0949 e. The molecule has 5 heteroatoms. The van der Waals surface area contributed by atoms with E-state index in [-0.39, 0.29) is 6.04 Å². The highest BCUT2D eigenvalue weighted by Crippen LogP contribution is 2.30. The van der Waals surface area contributed by atoms with Gasteiger partial charge in [0, 0.05) is 27.4 Å². The van der Waals surface area contributed by atoms with Crippen molar-refractivity contribution >= 4 is 34.5 Å². The molecule has 2 aromatic rings. The van der Waals surface area contributed by atoms with Crippen LogP contribution in [0, 0.1) is 13.8 Å². The van der Waals surface area contributed by atoms with Gasteiger partial charge in [0.15, 0.2) is 0 Å². The summed E-state index contributed by atoms with van der Waals surface area (Å²) in [5.41, 5.74) is 2.19. The summed E-state index contributed by atoms with van der Waals surface area (Å²) in [6, 6.07) is 5.83. The predicted molar refractivity (Wildman–Crippen MR) is 88.2 cm³/mol. The predicted octanol–water partition coefficient (Wildman–Crippen LogP) is 4.96. The Labute approximate surface area is 134 Å². The minimum Gasteiger partial charge on any atom is -0.310 e. The molecule has 0 fully saturated rings. The normalized spacial score (nSPS) is 12.7. The second-order valence-corrected chi connectivity index (χ2v) is 6.86. The molecule has 1 unspecified atom stereocenters. The van der Waals surface area contributed by atoms with Crippen LogP contribution in [0.25, 0.3) is 0 Å². The van der Waals surface area contributed by atoms with Crippen molar-refractivity contribution < 1.29 is 0 Å². The van der Waals surface area contributed by atoms with Crippen LogP contribution in [0.5, 0.6) is 0 Å². The zero-order valence-corrected chi connectivity index (χ0v) is 14.2. The number of hydrogen-bond donors (Lipinski definition) is 1. The lowest BCUT2D eigenvalue weighted by molar-refractivity contribution is 0.548. The van der Waals surface area contributed by atoms with E-state index in [1.807, 2.05) is 19.1 Å². The molecule has 0 aliphatic rings. The van der Waals surface area contributed by atoms with Gasteiger partial charge < -0.3 is 5.32 Å². The largest absolute Gasteiger partial charge is 0.310 e. The zero-order valence-electron chi connectivity index (χ0n) is 11.8. The summed E-state index contributed by atoms with van der Waals surface area (Å²) in [4.78, 5) is 5.89. The van der Waals surface area contributed by atoms with Gasteiger partial charge in [-0.2, -0.15) is 0 Å². The zero-order chi connectivity index (χ0) is 14.7. The summed E-state index contributed by atoms with van der Waals surface area (Å²) in [6.45, 7) is 7.13. The van der Waals surface area contributed by atoms with Gasteiger partial charge in [0.2, 0.25) is 0 Å². The van der Waals surface area contributed by atoms with Gasteiger partial charge in [0.25, 0.3) is 0 Å². The van der Waals surface area contributed by atoms with Gasteiger partial charge in [-0.15, -0.1) is 11.3 Å². The number of nitrogens with one attached hydrogen (secondary N) is 1. The van der Waals surface area contributed by atoms with Crippen LogP contribution in [0.1, 0.15) is 34.1 Å². The van der Waals surface area contributed by atoms with Crippen LogP contribution in [0.3, 0.4) is 0 Å². The van der Waals surface area contributed by atoms with Crippen LogP contribution >= 0.6 is 34.5 Å². The Balaban J connectivity index is 2.26. The van der Waals surface area contributed by atoms with E-state index in [2.05, 4.69) is 24.1 Å². The van der Waals surface area contributed by atoms with Gasteiger partial charge in [-0.05, 0) is 38.1 Å². The monoisotopic (exact) mass is 328 g/mol. The first-order chi connectivity index (χ1) is 9.51. The highest BCUT2D eigenvalue weighted by atomic mass is 35.5. The molecule has 1 heterocycles. The molecule has 0 amide bonds. The molecule has 1 N–H and O–H groups in total. The van der Waals surface area contributed by atoms with Crippen LogP contribution in [0.15, 0.2) is 18.2 Å². The van der Waals surface area contributed by atoms with Crippen molar-refractivity contribution in [2.45, 2.75) is 33.2 Å². The van der Waals surface area contributed by atoms with E-state index in [1.54, 1.807) is 17.4 Å². The number of aryl methyl sites for hydroxylation is 2. The fourth-order valence-electron chi connectivity index (χ4n) is 2.12. The van der Waals surface area contributed by atoms with Crippen LogP contribution in [-0.2, 0) is 6.42 Å². The van der Waals surface area contributed by atoms with Crippen LogP contribution in [0.2, 0.25) is 10.0 Å². The maximum absolute atomic E-state index is 6.32. The molecule has 1 aromatic carbocycles. The Morgan fingerprint density at radius 2 is 2.05 bits per heavy atom. The molecule has 2 nitrogen and oxygen atoms in total. The van der Waals surface area contributed by atoms with Gasteiger partial charge in [-0.25, -0.2) is 4.98 Å². The molecule has 0 bridgehead atoms. The van der Waals surface area contributed by atoms with E-state index in [4.69, 9.17) is 23.2 Å². The van der Waals surface area contributed by atoms with Gasteiger partial charge in [0.1, 0.15) is 0 Å². The summed E-state index contributed by atoms with van der Waals surface area (Å²) in [5.74, 6) is 0. The first-order valence-corrected chi connectivity index (χ1v) is 8.19. The van der Waals surface area contributed by atoms with E-state index in [1.165, 1.54) is 4.88 Å². The van der Waals surface area contributed by atoms with E-state index in [0.717, 1.165) is 29.2 Å². The lowest BCUT2D eigenvalue weighted by Crippen LogP contribution is -2.23. The maximum atomic E-state index is 6.32. The fraction of sp³-hybridized carbons (Fsp3) is 0.400. The third-order valence-electron chi connectivity index (χ3n) is 3.24. The number of hydrogen-bond acceptors (Lipinski definition) is 3. The van der Waals surface area contributed by atoms with Crippen molar-refractivity contribution in [2.75, 3.05) is 6.54 Å². The van der Waals surface area contributed by atoms with Crippen LogP contribution in [0.4, 0.5) is 0 Å². The summed E-state index contributed by atoms with van der Waals surface area (Å²) in [6.07, 6.45) is 0.842. The van der Waals surface area contributed by atoms with Gasteiger partial charge >= 0.3 is 0 Å². The highest BCUT2D eigenvalue weighted by Gasteiger charge is 2.17. The number of thiazole rings is 1. The summed E-state index contributed by atoms with van der Waals surface area (Å²) in [5, 5.41) is 5.98. The third-order valence-corrected chi connectivity index (χ3v) is 4.90. The second-order valence-electron chi connectivity index (χ2n) is 4.73. The Morgan fingerprint density at radius 1 is 1.30 bits per heavy atom. The van der Waals surface area contributed by atoms with Crippen molar-refractivity contribution in [1.29, 1.82) is 0 Å². The molecule has 20 heavy (non-hydrogen) atoms. The molecular formula is C15H18Cl2N2S. The van der Waals surface area contributed by atoms with Crippen molar-refractivity contribution in [3.05, 3.63) is 49.4 Å². The quantitative estimate of drug-likeness (QED) is 0.838. The van der Waals surface area contributed by atoms with Crippen molar-refractivity contribution in [2.24, 2.45) is 0 Å². The van der Waals surface area contributed by atoms with Gasteiger partial charge in [0.05, 0.1) is 10.7 Å². The average molecular weight is 329 g/mol.